The van der Waals surface area contributed by atoms with Crippen molar-refractivity contribution in [3.63, 3.8) is 0 Å². The number of carbonyl (C=O) groups excluding carboxylic acids is 1. The van der Waals surface area contributed by atoms with Crippen LogP contribution in [0.3, 0.4) is 0 Å². The number of nitrogens with one attached hydrogen (secondary N) is 2. The second-order valence-electron chi connectivity index (χ2n) is 4.53. The van der Waals surface area contributed by atoms with Crippen molar-refractivity contribution in [1.82, 2.24) is 5.32 Å². The van der Waals surface area contributed by atoms with E-state index in [9.17, 15) is 4.79 Å². The van der Waals surface area contributed by atoms with Crippen LogP contribution in [-0.2, 0) is 0 Å². The monoisotopic (exact) mass is 233 g/mol. The second kappa shape index (κ2) is 5.68. The normalized spacial score (nSPS) is 15.1. The van der Waals surface area contributed by atoms with Gasteiger partial charge in [0.25, 0.3) is 5.91 Å². The minimum absolute atomic E-state index is 0.0575. The Morgan fingerprint density at radius 1 is 1.35 bits per heavy atom. The summed E-state index contributed by atoms with van der Waals surface area (Å²) in [6, 6.07) is 7.25. The Bertz CT molecular complexity index is 388. The van der Waals surface area contributed by atoms with Gasteiger partial charge in [0.15, 0.2) is 0 Å². The summed E-state index contributed by atoms with van der Waals surface area (Å²) < 4.78 is 0. The van der Waals surface area contributed by atoms with Crippen LogP contribution in [0.25, 0.3) is 0 Å². The van der Waals surface area contributed by atoms with E-state index in [1.54, 1.807) is 12.1 Å². The van der Waals surface area contributed by atoms with E-state index in [4.69, 9.17) is 5.84 Å². The van der Waals surface area contributed by atoms with Crippen molar-refractivity contribution in [3.8, 4) is 0 Å². The third-order valence-electron chi connectivity index (χ3n) is 3.39. The maximum atomic E-state index is 11.9. The minimum Gasteiger partial charge on any atom is -0.352 e. The molecule has 0 radical (unpaired) electrons. The Balaban J connectivity index is 1.85. The van der Waals surface area contributed by atoms with Gasteiger partial charge in [-0.25, -0.2) is 0 Å². The number of nitrogens with two attached hydrogens (primary N) is 1. The fourth-order valence-electron chi connectivity index (χ4n) is 2.07. The van der Waals surface area contributed by atoms with Crippen LogP contribution in [0, 0.1) is 5.92 Å². The number of hydrogen-bond acceptors (Lipinski definition) is 3. The topological polar surface area (TPSA) is 67.1 Å². The largest absolute Gasteiger partial charge is 0.352 e. The van der Waals surface area contributed by atoms with E-state index >= 15 is 0 Å². The van der Waals surface area contributed by atoms with Crippen molar-refractivity contribution in [2.75, 3.05) is 12.0 Å². The summed E-state index contributed by atoms with van der Waals surface area (Å²) >= 11 is 0. The summed E-state index contributed by atoms with van der Waals surface area (Å²) in [4.78, 5) is 11.9. The third kappa shape index (κ3) is 2.97. The first-order valence-electron chi connectivity index (χ1n) is 6.15. The summed E-state index contributed by atoms with van der Waals surface area (Å²) in [7, 11) is 0. The first kappa shape index (κ1) is 11.9. The summed E-state index contributed by atoms with van der Waals surface area (Å²) in [5.41, 5.74) is 3.80. The zero-order valence-electron chi connectivity index (χ0n) is 9.91. The van der Waals surface area contributed by atoms with Gasteiger partial charge in [-0.2, -0.15) is 0 Å². The smallest absolute Gasteiger partial charge is 0.253 e. The van der Waals surface area contributed by atoms with Gasteiger partial charge in [-0.15, -0.1) is 0 Å². The van der Waals surface area contributed by atoms with Crippen LogP contribution < -0.4 is 16.6 Å². The molecule has 0 aliphatic heterocycles. The second-order valence-corrected chi connectivity index (χ2v) is 4.53. The minimum atomic E-state index is -0.0575. The van der Waals surface area contributed by atoms with Gasteiger partial charge in [-0.3, -0.25) is 10.6 Å². The van der Waals surface area contributed by atoms with Gasteiger partial charge >= 0.3 is 0 Å². The fraction of sp³-hybridized carbons (Fsp3) is 0.462. The molecule has 4 heteroatoms. The predicted molar refractivity (Wildman–Crippen MR) is 68.5 cm³/mol. The summed E-state index contributed by atoms with van der Waals surface area (Å²) in [5.74, 6) is 6.13. The molecule has 92 valence electrons. The molecule has 1 amide bonds. The third-order valence-corrected chi connectivity index (χ3v) is 3.39. The van der Waals surface area contributed by atoms with E-state index in [1.165, 1.54) is 19.3 Å². The average Bonchev–Trinajstić information content (AvgIpc) is 2.32. The molecule has 17 heavy (non-hydrogen) atoms. The molecule has 1 aliphatic rings. The molecular weight excluding hydrogens is 214 g/mol. The molecule has 1 aromatic rings. The van der Waals surface area contributed by atoms with E-state index in [-0.39, 0.29) is 5.91 Å². The molecule has 1 aromatic carbocycles. The van der Waals surface area contributed by atoms with Crippen LogP contribution >= 0.6 is 0 Å². The molecule has 0 heterocycles. The SMILES string of the molecule is NNc1ccccc1C(=O)NCCC1CCC1. The van der Waals surface area contributed by atoms with Crippen LogP contribution in [0.5, 0.6) is 0 Å². The van der Waals surface area contributed by atoms with Gasteiger partial charge in [-0.05, 0) is 24.5 Å². The van der Waals surface area contributed by atoms with Crippen LogP contribution in [0.15, 0.2) is 24.3 Å². The highest BCUT2D eigenvalue weighted by atomic mass is 16.1. The van der Waals surface area contributed by atoms with Gasteiger partial charge in [0.1, 0.15) is 0 Å². The van der Waals surface area contributed by atoms with E-state index in [1.807, 2.05) is 12.1 Å². The Morgan fingerprint density at radius 2 is 2.12 bits per heavy atom. The standard InChI is InChI=1S/C13H19N3O/c14-16-12-7-2-1-6-11(12)13(17)15-9-8-10-4-3-5-10/h1-2,6-7,10,16H,3-5,8-9,14H2,(H,15,17). The molecule has 0 spiro atoms. The van der Waals surface area contributed by atoms with Crippen molar-refractivity contribution in [3.05, 3.63) is 29.8 Å². The van der Waals surface area contributed by atoms with E-state index < -0.39 is 0 Å². The molecule has 0 atom stereocenters. The average molecular weight is 233 g/mol. The first-order valence-corrected chi connectivity index (χ1v) is 6.15. The van der Waals surface area contributed by atoms with E-state index in [2.05, 4.69) is 10.7 Å². The number of benzene rings is 1. The van der Waals surface area contributed by atoms with Gasteiger partial charge < -0.3 is 10.7 Å². The lowest BCUT2D eigenvalue weighted by atomic mass is 9.83. The van der Waals surface area contributed by atoms with Gasteiger partial charge in [0, 0.05) is 6.54 Å². The molecule has 0 saturated heterocycles. The Morgan fingerprint density at radius 3 is 2.76 bits per heavy atom. The molecule has 0 bridgehead atoms. The Hall–Kier alpha value is -1.55. The number of amides is 1. The van der Waals surface area contributed by atoms with Gasteiger partial charge in [-0.1, -0.05) is 31.4 Å². The van der Waals surface area contributed by atoms with Crippen molar-refractivity contribution in [2.24, 2.45) is 11.8 Å². The molecule has 1 fully saturated rings. The lowest BCUT2D eigenvalue weighted by Gasteiger charge is -2.25. The number of rotatable bonds is 5. The summed E-state index contributed by atoms with van der Waals surface area (Å²) in [5, 5.41) is 2.94. The van der Waals surface area contributed by atoms with Crippen LogP contribution in [0.2, 0.25) is 0 Å². The van der Waals surface area contributed by atoms with E-state index in [0.29, 0.717) is 11.3 Å². The zero-order chi connectivity index (χ0) is 12.1. The number of nitrogen functional groups attached to an aromatic ring is 1. The maximum Gasteiger partial charge on any atom is 0.253 e. The fourth-order valence-corrected chi connectivity index (χ4v) is 2.07. The lowest BCUT2D eigenvalue weighted by molar-refractivity contribution is 0.0950. The summed E-state index contributed by atoms with van der Waals surface area (Å²) in [6.45, 7) is 0.752. The van der Waals surface area contributed by atoms with Crippen LogP contribution in [0.1, 0.15) is 36.0 Å². The predicted octanol–water partition coefficient (Wildman–Crippen LogP) is 1.89. The lowest BCUT2D eigenvalue weighted by Crippen LogP contribution is -2.28. The highest BCUT2D eigenvalue weighted by Crippen LogP contribution is 2.28. The van der Waals surface area contributed by atoms with Gasteiger partial charge in [0.05, 0.1) is 11.3 Å². The van der Waals surface area contributed by atoms with Crippen molar-refractivity contribution in [1.29, 1.82) is 0 Å². The van der Waals surface area contributed by atoms with Gasteiger partial charge in [0.2, 0.25) is 0 Å². The number of hydrazine groups is 1. The molecule has 1 aliphatic carbocycles. The molecule has 4 N–H and O–H groups in total. The number of anilines is 1. The van der Waals surface area contributed by atoms with Crippen molar-refractivity contribution in [2.45, 2.75) is 25.7 Å². The maximum absolute atomic E-state index is 11.9. The quantitative estimate of drug-likeness (QED) is 0.537. The van der Waals surface area contributed by atoms with Crippen LogP contribution in [-0.4, -0.2) is 12.5 Å². The van der Waals surface area contributed by atoms with E-state index in [0.717, 1.165) is 18.9 Å². The first-order chi connectivity index (χ1) is 8.31. The molecule has 2 rings (SSSR count). The molecule has 0 aromatic heterocycles. The molecular formula is C13H19N3O. The van der Waals surface area contributed by atoms with Crippen LogP contribution in [0.4, 0.5) is 5.69 Å². The Labute approximate surface area is 102 Å². The number of para-hydroxylation sites is 1. The number of carbonyl (C=O) groups is 1. The zero-order valence-corrected chi connectivity index (χ0v) is 9.91. The summed E-state index contributed by atoms with van der Waals surface area (Å²) in [6.07, 6.45) is 5.07. The molecule has 4 nitrogen and oxygen atoms in total. The number of hydrogen-bond donors (Lipinski definition) is 3. The molecule has 0 unspecified atom stereocenters. The highest BCUT2D eigenvalue weighted by Gasteiger charge is 2.17. The highest BCUT2D eigenvalue weighted by molar-refractivity contribution is 5.99. The Kier molecular flexibility index (Phi) is 3.98. The van der Waals surface area contributed by atoms with Crippen molar-refractivity contribution >= 4 is 11.6 Å². The molecule has 1 saturated carbocycles. The van der Waals surface area contributed by atoms with Crippen molar-refractivity contribution < 1.29 is 4.79 Å².